The third-order valence-electron chi connectivity index (χ3n) is 4.58. The highest BCUT2D eigenvalue weighted by Crippen LogP contribution is 2.23. The molecule has 0 amide bonds. The van der Waals surface area contributed by atoms with Crippen LogP contribution in [-0.4, -0.2) is 29.3 Å². The Hall–Kier alpha value is -4.01. The van der Waals surface area contributed by atoms with E-state index >= 15 is 0 Å². The van der Waals surface area contributed by atoms with Gasteiger partial charge in [0.25, 0.3) is 5.89 Å². The molecule has 1 aromatic carbocycles. The van der Waals surface area contributed by atoms with E-state index in [9.17, 15) is 4.79 Å². The van der Waals surface area contributed by atoms with Crippen LogP contribution in [0.2, 0.25) is 0 Å². The Morgan fingerprint density at radius 1 is 1.00 bits per heavy atom. The zero-order valence-electron chi connectivity index (χ0n) is 15.7. The predicted octanol–water partition coefficient (Wildman–Crippen LogP) is 2.87. The number of fused-ring (bicyclic) bond motifs is 1. The summed E-state index contributed by atoms with van der Waals surface area (Å²) in [7, 11) is 0. The molecule has 0 fully saturated rings. The van der Waals surface area contributed by atoms with Gasteiger partial charge in [-0.3, -0.25) is 0 Å². The fraction of sp³-hybridized carbons (Fsp3) is 0.150. The molecular weight excluding hydrogens is 372 g/mol. The molecule has 4 aromatic heterocycles. The highest BCUT2D eigenvalue weighted by molar-refractivity contribution is 5.71. The molecule has 0 radical (unpaired) electrons. The quantitative estimate of drug-likeness (QED) is 0.466. The van der Waals surface area contributed by atoms with Gasteiger partial charge in [0.1, 0.15) is 11.5 Å². The summed E-state index contributed by atoms with van der Waals surface area (Å²) in [6.07, 6.45) is 1.65. The topological polar surface area (TPSA) is 104 Å². The second kappa shape index (κ2) is 6.55. The maximum absolute atomic E-state index is 12.8. The summed E-state index contributed by atoms with van der Waals surface area (Å²) in [6.45, 7) is 3.74. The molecule has 9 nitrogen and oxygen atoms in total. The maximum Gasteiger partial charge on any atom is 0.350 e. The number of hydrogen-bond acceptors (Lipinski definition) is 7. The molecule has 0 aliphatic carbocycles. The van der Waals surface area contributed by atoms with Gasteiger partial charge in [-0.15, -0.1) is 5.10 Å². The Kier molecular flexibility index (Phi) is 3.87. The van der Waals surface area contributed by atoms with E-state index in [1.165, 1.54) is 9.08 Å². The van der Waals surface area contributed by atoms with E-state index in [0.29, 0.717) is 40.3 Å². The van der Waals surface area contributed by atoms with Crippen LogP contribution in [0, 0.1) is 13.8 Å². The molecule has 0 saturated heterocycles. The predicted molar refractivity (Wildman–Crippen MR) is 103 cm³/mol. The Labute approximate surface area is 164 Å². The van der Waals surface area contributed by atoms with E-state index in [2.05, 4.69) is 20.2 Å². The Balaban J connectivity index is 1.56. The number of benzene rings is 1. The standard InChI is InChI=1S/C20H16N6O3/c1-12-16(22-18(28-12)14-7-4-3-5-8-14)11-26-20(27)25-10-6-9-15(17(25)23-26)19-21-13(2)24-29-19/h3-10H,11H2,1-2H3. The van der Waals surface area contributed by atoms with Crippen molar-refractivity contribution < 1.29 is 8.94 Å². The van der Waals surface area contributed by atoms with Crippen LogP contribution in [0.4, 0.5) is 0 Å². The van der Waals surface area contributed by atoms with Crippen LogP contribution in [-0.2, 0) is 6.54 Å². The molecule has 5 aromatic rings. The monoisotopic (exact) mass is 388 g/mol. The van der Waals surface area contributed by atoms with Crippen LogP contribution in [0.1, 0.15) is 17.3 Å². The molecule has 4 heterocycles. The minimum atomic E-state index is -0.290. The lowest BCUT2D eigenvalue weighted by Gasteiger charge is -1.96. The molecule has 9 heteroatoms. The van der Waals surface area contributed by atoms with Gasteiger partial charge in [0.2, 0.25) is 5.89 Å². The first kappa shape index (κ1) is 17.1. The summed E-state index contributed by atoms with van der Waals surface area (Å²) >= 11 is 0. The summed E-state index contributed by atoms with van der Waals surface area (Å²) in [5.74, 6) is 1.97. The van der Waals surface area contributed by atoms with Crippen molar-refractivity contribution in [3.8, 4) is 22.9 Å². The molecule has 144 valence electrons. The van der Waals surface area contributed by atoms with Crippen molar-refractivity contribution in [3.05, 3.63) is 76.4 Å². The van der Waals surface area contributed by atoms with Crippen LogP contribution in [0.5, 0.6) is 0 Å². The summed E-state index contributed by atoms with van der Waals surface area (Å²) in [5.41, 5.74) is 2.25. The van der Waals surface area contributed by atoms with Gasteiger partial charge in [-0.2, -0.15) is 4.98 Å². The number of aryl methyl sites for hydroxylation is 2. The van der Waals surface area contributed by atoms with Gasteiger partial charge in [-0.05, 0) is 38.1 Å². The summed E-state index contributed by atoms with van der Waals surface area (Å²) in [6, 6.07) is 13.1. The highest BCUT2D eigenvalue weighted by Gasteiger charge is 2.18. The fourth-order valence-corrected chi connectivity index (χ4v) is 3.14. The van der Waals surface area contributed by atoms with Gasteiger partial charge < -0.3 is 8.94 Å². The third-order valence-corrected chi connectivity index (χ3v) is 4.58. The van der Waals surface area contributed by atoms with Crippen LogP contribution in [0.3, 0.4) is 0 Å². The van der Waals surface area contributed by atoms with E-state index in [4.69, 9.17) is 8.94 Å². The summed E-state index contributed by atoms with van der Waals surface area (Å²) in [5, 5.41) is 8.28. The van der Waals surface area contributed by atoms with Crippen molar-refractivity contribution in [2.45, 2.75) is 20.4 Å². The minimum absolute atomic E-state index is 0.185. The average molecular weight is 388 g/mol. The molecule has 0 aliphatic heterocycles. The molecular formula is C20H16N6O3. The van der Waals surface area contributed by atoms with Crippen molar-refractivity contribution in [1.29, 1.82) is 0 Å². The average Bonchev–Trinajstić information content (AvgIpc) is 3.41. The van der Waals surface area contributed by atoms with Crippen molar-refractivity contribution in [3.63, 3.8) is 0 Å². The number of rotatable bonds is 4. The Morgan fingerprint density at radius 2 is 1.83 bits per heavy atom. The number of pyridine rings is 1. The zero-order chi connectivity index (χ0) is 20.0. The van der Waals surface area contributed by atoms with E-state index in [0.717, 1.165) is 5.56 Å². The van der Waals surface area contributed by atoms with Gasteiger partial charge in [-0.25, -0.2) is 18.9 Å². The SMILES string of the molecule is Cc1noc(-c2cccn3c(=O)n(Cc4nc(-c5ccccc5)oc4C)nc23)n1. The van der Waals surface area contributed by atoms with Crippen molar-refractivity contribution >= 4 is 5.65 Å². The van der Waals surface area contributed by atoms with Crippen LogP contribution in [0.15, 0.2) is 62.4 Å². The van der Waals surface area contributed by atoms with E-state index in [-0.39, 0.29) is 12.2 Å². The van der Waals surface area contributed by atoms with Crippen LogP contribution in [0.25, 0.3) is 28.6 Å². The van der Waals surface area contributed by atoms with Crippen molar-refractivity contribution in [1.82, 2.24) is 29.3 Å². The maximum atomic E-state index is 12.8. The summed E-state index contributed by atoms with van der Waals surface area (Å²) in [4.78, 5) is 21.6. The Morgan fingerprint density at radius 3 is 2.59 bits per heavy atom. The second-order valence-corrected chi connectivity index (χ2v) is 6.59. The number of hydrogen-bond donors (Lipinski definition) is 0. The van der Waals surface area contributed by atoms with Gasteiger partial charge in [-0.1, -0.05) is 23.4 Å². The molecule has 0 N–H and O–H groups in total. The highest BCUT2D eigenvalue weighted by atomic mass is 16.5. The Bertz CT molecular complexity index is 1380. The molecule has 0 bridgehead atoms. The molecule has 0 unspecified atom stereocenters. The van der Waals surface area contributed by atoms with E-state index < -0.39 is 0 Å². The third kappa shape index (κ3) is 2.92. The molecule has 0 atom stereocenters. The molecule has 5 rings (SSSR count). The zero-order valence-corrected chi connectivity index (χ0v) is 15.7. The number of aromatic nitrogens is 6. The van der Waals surface area contributed by atoms with Crippen molar-refractivity contribution in [2.24, 2.45) is 0 Å². The molecule has 29 heavy (non-hydrogen) atoms. The molecule has 0 spiro atoms. The summed E-state index contributed by atoms with van der Waals surface area (Å²) < 4.78 is 13.8. The number of nitrogens with zero attached hydrogens (tertiary/aromatic N) is 6. The van der Waals surface area contributed by atoms with Crippen molar-refractivity contribution in [2.75, 3.05) is 0 Å². The van der Waals surface area contributed by atoms with Gasteiger partial charge in [0.15, 0.2) is 11.5 Å². The van der Waals surface area contributed by atoms with Crippen LogP contribution < -0.4 is 5.69 Å². The largest absolute Gasteiger partial charge is 0.441 e. The minimum Gasteiger partial charge on any atom is -0.441 e. The lowest BCUT2D eigenvalue weighted by molar-refractivity contribution is 0.426. The molecule has 0 saturated carbocycles. The first-order valence-corrected chi connectivity index (χ1v) is 9.01. The smallest absolute Gasteiger partial charge is 0.350 e. The number of oxazole rings is 1. The fourth-order valence-electron chi connectivity index (χ4n) is 3.14. The first-order chi connectivity index (χ1) is 14.1. The van der Waals surface area contributed by atoms with E-state index in [1.54, 1.807) is 25.3 Å². The van der Waals surface area contributed by atoms with Crippen LogP contribution >= 0.6 is 0 Å². The second-order valence-electron chi connectivity index (χ2n) is 6.59. The lowest BCUT2D eigenvalue weighted by Crippen LogP contribution is -2.22. The molecule has 0 aliphatic rings. The van der Waals surface area contributed by atoms with Gasteiger partial charge >= 0.3 is 5.69 Å². The lowest BCUT2D eigenvalue weighted by atomic mass is 10.2. The normalized spacial score (nSPS) is 11.4. The van der Waals surface area contributed by atoms with Gasteiger partial charge in [0, 0.05) is 11.8 Å². The van der Waals surface area contributed by atoms with Gasteiger partial charge in [0.05, 0.1) is 12.1 Å². The first-order valence-electron chi connectivity index (χ1n) is 9.01. The van der Waals surface area contributed by atoms with E-state index in [1.807, 2.05) is 37.3 Å².